The van der Waals surface area contributed by atoms with Gasteiger partial charge in [0.25, 0.3) is 0 Å². The van der Waals surface area contributed by atoms with Gasteiger partial charge in [-0.1, -0.05) is 10.2 Å². The Morgan fingerprint density at radius 2 is 1.80 bits per heavy atom. The number of hydrogen-bond donors (Lipinski definition) is 0. The average Bonchev–Trinajstić information content (AvgIpc) is 1.37. The van der Waals surface area contributed by atoms with Crippen LogP contribution in [0.3, 0.4) is 0 Å². The van der Waals surface area contributed by atoms with Crippen molar-refractivity contribution in [1.82, 2.24) is 0 Å². The summed E-state index contributed by atoms with van der Waals surface area (Å²) in [5.74, 6) is 0. The Morgan fingerprint density at radius 1 is 1.60 bits per heavy atom. The molecule has 5 heavy (non-hydrogen) atoms. The minimum atomic E-state index is 0. The molecule has 0 unspecified atom stereocenters. The standard InChI is InChI=1S/C3H7Si.Mo/c1-2-3-4;/h2-3H,1H2,4H3;/q-1;. The molecule has 0 radical (unpaired) electrons. The van der Waals surface area contributed by atoms with E-state index < -0.39 is 0 Å². The fourth-order valence-corrected chi connectivity index (χ4v) is 0. The van der Waals surface area contributed by atoms with Gasteiger partial charge in [0.15, 0.2) is 0 Å². The topological polar surface area (TPSA) is 0 Å². The molecule has 0 aromatic heterocycles. The van der Waals surface area contributed by atoms with Crippen LogP contribution in [0.25, 0.3) is 0 Å². The third kappa shape index (κ3) is 12.4. The Kier molecular flexibility index (Phi) is 16.1. The molecular formula is C3H7MoSi-. The van der Waals surface area contributed by atoms with Crippen molar-refractivity contribution in [2.75, 3.05) is 0 Å². The molecule has 0 atom stereocenters. The minimum Gasteiger partial charge on any atom is -0.245 e. The van der Waals surface area contributed by atoms with Gasteiger partial charge in [-0.2, -0.15) is 0 Å². The fourth-order valence-electron chi connectivity index (χ4n) is 0. The molecule has 0 aromatic carbocycles. The predicted molar refractivity (Wildman–Crippen MR) is 24.4 cm³/mol. The summed E-state index contributed by atoms with van der Waals surface area (Å²) in [5, 5.41) is 0. The van der Waals surface area contributed by atoms with Crippen LogP contribution in [-0.2, 0) is 21.1 Å². The molecule has 0 saturated heterocycles. The largest absolute Gasteiger partial charge is 0.245 e. The van der Waals surface area contributed by atoms with Crippen LogP contribution in [0.5, 0.6) is 0 Å². The predicted octanol–water partition coefficient (Wildman–Crippen LogP) is -0.303. The number of hydrogen-bond acceptors (Lipinski definition) is 0. The molecule has 0 saturated carbocycles. The van der Waals surface area contributed by atoms with Crippen LogP contribution in [-0.4, -0.2) is 10.2 Å². The van der Waals surface area contributed by atoms with Crippen LogP contribution in [0.15, 0.2) is 11.8 Å². The van der Waals surface area contributed by atoms with Gasteiger partial charge in [0.2, 0.25) is 0 Å². The smallest absolute Gasteiger partial charge is 0 e. The van der Waals surface area contributed by atoms with Crippen LogP contribution in [0.1, 0.15) is 0 Å². The summed E-state index contributed by atoms with van der Waals surface area (Å²) in [6.07, 6.45) is 1.81. The maximum atomic E-state index is 3.46. The van der Waals surface area contributed by atoms with Crippen molar-refractivity contribution in [3.8, 4) is 0 Å². The summed E-state index contributed by atoms with van der Waals surface area (Å²) < 4.78 is 0. The molecular weight excluding hydrogens is 160 g/mol. The molecule has 0 rings (SSSR count). The first-order valence-electron chi connectivity index (χ1n) is 1.32. The van der Waals surface area contributed by atoms with Crippen molar-refractivity contribution >= 4 is 10.2 Å². The quantitative estimate of drug-likeness (QED) is 0.343. The van der Waals surface area contributed by atoms with Gasteiger partial charge < -0.3 is 0 Å². The van der Waals surface area contributed by atoms with Gasteiger partial charge in [-0.25, -0.2) is 18.7 Å². The van der Waals surface area contributed by atoms with E-state index in [1.807, 2.05) is 11.8 Å². The third-order valence-corrected chi connectivity index (χ3v) is 0.707. The van der Waals surface area contributed by atoms with Gasteiger partial charge >= 0.3 is 0 Å². The number of rotatable bonds is 0. The van der Waals surface area contributed by atoms with Crippen LogP contribution in [0.2, 0.25) is 0 Å². The molecule has 2 heteroatoms. The summed E-state index contributed by atoms with van der Waals surface area (Å²) in [6, 6.07) is 0. The molecule has 0 nitrogen and oxygen atoms in total. The fraction of sp³-hybridized carbons (Fsp3) is 0. The van der Waals surface area contributed by atoms with Gasteiger partial charge in [-0.15, -0.1) is 0 Å². The van der Waals surface area contributed by atoms with Gasteiger partial charge in [-0.05, 0) is 0 Å². The van der Waals surface area contributed by atoms with Crippen molar-refractivity contribution in [3.63, 3.8) is 0 Å². The van der Waals surface area contributed by atoms with Gasteiger partial charge in [0.1, 0.15) is 0 Å². The SMILES string of the molecule is [CH2-]C=C[SiH3].[Mo]. The molecule has 0 aliphatic carbocycles. The Hall–Kier alpha value is 0.515. The zero-order chi connectivity index (χ0) is 3.41. The van der Waals surface area contributed by atoms with Crippen LogP contribution >= 0.6 is 0 Å². The monoisotopic (exact) mass is 169 g/mol. The molecule has 0 bridgehead atoms. The van der Waals surface area contributed by atoms with Crippen molar-refractivity contribution in [2.24, 2.45) is 0 Å². The Labute approximate surface area is 50.3 Å². The molecule has 0 spiro atoms. The van der Waals surface area contributed by atoms with Crippen molar-refractivity contribution in [1.29, 1.82) is 0 Å². The van der Waals surface area contributed by atoms with Crippen molar-refractivity contribution in [2.45, 2.75) is 0 Å². The second-order valence-electron chi connectivity index (χ2n) is 0.569. The van der Waals surface area contributed by atoms with Crippen molar-refractivity contribution in [3.05, 3.63) is 18.7 Å². The summed E-state index contributed by atoms with van der Waals surface area (Å²) in [5.41, 5.74) is 2.03. The summed E-state index contributed by atoms with van der Waals surface area (Å²) >= 11 is 0. The van der Waals surface area contributed by atoms with Crippen LogP contribution in [0, 0.1) is 6.92 Å². The summed E-state index contributed by atoms with van der Waals surface area (Å²) in [6.45, 7) is 3.46. The Morgan fingerprint density at radius 3 is 1.80 bits per heavy atom. The number of allylic oxidation sites excluding steroid dienone is 1. The van der Waals surface area contributed by atoms with E-state index in [2.05, 4.69) is 6.92 Å². The minimum absolute atomic E-state index is 0. The molecule has 0 heterocycles. The van der Waals surface area contributed by atoms with Crippen molar-refractivity contribution < 1.29 is 21.1 Å². The van der Waals surface area contributed by atoms with Gasteiger partial charge in [0.05, 0.1) is 0 Å². The maximum Gasteiger partial charge on any atom is 0 e. The molecule has 0 amide bonds. The molecule has 30 valence electrons. The first kappa shape index (κ1) is 9.10. The van der Waals surface area contributed by atoms with Gasteiger partial charge in [-0.3, -0.25) is 0 Å². The Bertz CT molecular complexity index is 22.1. The third-order valence-electron chi connectivity index (χ3n) is 0.236. The molecule has 0 N–H and O–H groups in total. The molecule has 0 aliphatic heterocycles. The second-order valence-corrected chi connectivity index (χ2v) is 1.24. The van der Waals surface area contributed by atoms with E-state index in [0.717, 1.165) is 10.2 Å². The van der Waals surface area contributed by atoms with Crippen LogP contribution in [0.4, 0.5) is 0 Å². The van der Waals surface area contributed by atoms with E-state index in [4.69, 9.17) is 0 Å². The van der Waals surface area contributed by atoms with E-state index in [1.165, 1.54) is 0 Å². The molecule has 0 fully saturated rings. The van der Waals surface area contributed by atoms with E-state index >= 15 is 0 Å². The summed E-state index contributed by atoms with van der Waals surface area (Å²) in [4.78, 5) is 0. The molecule has 0 aromatic rings. The van der Waals surface area contributed by atoms with E-state index in [0.29, 0.717) is 0 Å². The van der Waals surface area contributed by atoms with Gasteiger partial charge in [0, 0.05) is 21.1 Å². The first-order valence-corrected chi connectivity index (χ1v) is 2.47. The first-order chi connectivity index (χ1) is 1.91. The zero-order valence-corrected chi connectivity index (χ0v) is 7.28. The maximum absolute atomic E-state index is 3.46. The van der Waals surface area contributed by atoms with E-state index in [1.54, 1.807) is 0 Å². The van der Waals surface area contributed by atoms with Crippen LogP contribution < -0.4 is 0 Å². The second kappa shape index (κ2) is 8.82. The molecule has 0 aliphatic rings. The zero-order valence-electron chi connectivity index (χ0n) is 3.27. The summed E-state index contributed by atoms with van der Waals surface area (Å²) in [7, 11) is 1.15. The normalized spacial score (nSPS) is 8.00. The van der Waals surface area contributed by atoms with E-state index in [9.17, 15) is 0 Å². The van der Waals surface area contributed by atoms with E-state index in [-0.39, 0.29) is 21.1 Å². The Balaban J connectivity index is 0. The average molecular weight is 167 g/mol.